The Bertz CT molecular complexity index is 1650. The molecule has 5 rings (SSSR count). The van der Waals surface area contributed by atoms with Gasteiger partial charge in [-0.1, -0.05) is 60.7 Å². The normalized spacial score (nSPS) is 12.2. The number of hydrogen-bond donors (Lipinski definition) is 2. The van der Waals surface area contributed by atoms with E-state index in [2.05, 4.69) is 20.6 Å². The number of nitrogens with zero attached hydrogens (tertiary/aromatic N) is 3. The van der Waals surface area contributed by atoms with Gasteiger partial charge in [-0.15, -0.1) is 0 Å². The average Bonchev–Trinajstić information content (AvgIpc) is 3.43. The first kappa shape index (κ1) is 28.7. The molecule has 0 spiro atoms. The van der Waals surface area contributed by atoms with Crippen LogP contribution in [0.3, 0.4) is 0 Å². The minimum atomic E-state index is -0.294. The van der Waals surface area contributed by atoms with Crippen LogP contribution in [0.25, 0.3) is 22.2 Å². The Morgan fingerprint density at radius 1 is 1.05 bits per heavy atom. The molecule has 0 aliphatic rings. The van der Waals surface area contributed by atoms with E-state index in [1.807, 2.05) is 85.7 Å². The number of ether oxygens (including phenoxy) is 1. The van der Waals surface area contributed by atoms with Gasteiger partial charge in [0.05, 0.1) is 24.6 Å². The molecule has 1 amide bonds. The van der Waals surface area contributed by atoms with Crippen LogP contribution in [-0.4, -0.2) is 48.0 Å². The number of carbonyl (C=O) groups excluding carboxylic acids is 1. The highest BCUT2D eigenvalue weighted by Crippen LogP contribution is 2.35. The molecule has 0 bridgehead atoms. The molecule has 2 heterocycles. The molecule has 0 aliphatic heterocycles. The van der Waals surface area contributed by atoms with Crippen LogP contribution < -0.4 is 10.6 Å². The Balaban J connectivity index is 1.35. The van der Waals surface area contributed by atoms with Crippen LogP contribution in [0.1, 0.15) is 17.2 Å². The summed E-state index contributed by atoms with van der Waals surface area (Å²) in [6, 6.07) is 23.6. The summed E-state index contributed by atoms with van der Waals surface area (Å²) in [5, 5.41) is 7.12. The number of furan rings is 1. The van der Waals surface area contributed by atoms with Gasteiger partial charge >= 0.3 is 0 Å². The molecule has 1 atom stereocenters. The third-order valence-corrected chi connectivity index (χ3v) is 6.53. The summed E-state index contributed by atoms with van der Waals surface area (Å²) in [6.07, 6.45) is 6.44. The lowest BCUT2D eigenvalue weighted by molar-refractivity contribution is -0.111. The van der Waals surface area contributed by atoms with Crippen molar-refractivity contribution in [1.82, 2.24) is 14.9 Å². The van der Waals surface area contributed by atoms with E-state index < -0.39 is 0 Å². The molecule has 0 saturated carbocycles. The second-order valence-electron chi connectivity index (χ2n) is 10.0. The van der Waals surface area contributed by atoms with Crippen molar-refractivity contribution < 1.29 is 18.3 Å². The van der Waals surface area contributed by atoms with Crippen LogP contribution in [0, 0.1) is 5.82 Å². The summed E-state index contributed by atoms with van der Waals surface area (Å²) in [4.78, 5) is 23.1. The fourth-order valence-corrected chi connectivity index (χ4v) is 4.48. The molecular formula is C33H32FN5O3. The number of carbonyl (C=O) groups is 1. The highest BCUT2D eigenvalue weighted by Gasteiger charge is 2.19. The van der Waals surface area contributed by atoms with Gasteiger partial charge in [0.15, 0.2) is 0 Å². The fourth-order valence-electron chi connectivity index (χ4n) is 4.48. The molecular weight excluding hydrogens is 533 g/mol. The van der Waals surface area contributed by atoms with Gasteiger partial charge in [0, 0.05) is 23.9 Å². The predicted molar refractivity (Wildman–Crippen MR) is 162 cm³/mol. The highest BCUT2D eigenvalue weighted by molar-refractivity contribution is 6.01. The summed E-state index contributed by atoms with van der Waals surface area (Å²) in [7, 11) is 3.88. The van der Waals surface area contributed by atoms with Crippen LogP contribution in [0.2, 0.25) is 0 Å². The molecule has 0 unspecified atom stereocenters. The first-order chi connectivity index (χ1) is 20.5. The molecule has 0 fully saturated rings. The average molecular weight is 566 g/mol. The van der Waals surface area contributed by atoms with Crippen LogP contribution in [0.5, 0.6) is 0 Å². The van der Waals surface area contributed by atoms with Crippen LogP contribution in [-0.2, 0) is 16.1 Å². The van der Waals surface area contributed by atoms with Crippen molar-refractivity contribution in [2.24, 2.45) is 0 Å². The molecule has 9 heteroatoms. The number of amides is 1. The van der Waals surface area contributed by atoms with Gasteiger partial charge in [-0.05, 0) is 55.1 Å². The molecule has 2 N–H and O–H groups in total. The summed E-state index contributed by atoms with van der Waals surface area (Å²) < 4.78 is 25.4. The van der Waals surface area contributed by atoms with E-state index in [-0.39, 0.29) is 24.4 Å². The van der Waals surface area contributed by atoms with Crippen LogP contribution in [0.4, 0.5) is 15.9 Å². The molecule has 214 valence electrons. The van der Waals surface area contributed by atoms with E-state index in [0.29, 0.717) is 30.4 Å². The van der Waals surface area contributed by atoms with E-state index in [9.17, 15) is 9.18 Å². The largest absolute Gasteiger partial charge is 0.445 e. The van der Waals surface area contributed by atoms with Gasteiger partial charge in [0.25, 0.3) is 0 Å². The number of fused-ring (bicyclic) bond motifs is 1. The van der Waals surface area contributed by atoms with Gasteiger partial charge in [-0.2, -0.15) is 0 Å². The minimum absolute atomic E-state index is 0.190. The summed E-state index contributed by atoms with van der Waals surface area (Å²) >= 11 is 0. The van der Waals surface area contributed by atoms with Gasteiger partial charge in [0.2, 0.25) is 11.6 Å². The smallest absolute Gasteiger partial charge is 0.248 e. The van der Waals surface area contributed by atoms with Gasteiger partial charge in [-0.25, -0.2) is 14.4 Å². The third-order valence-electron chi connectivity index (χ3n) is 6.53. The summed E-state index contributed by atoms with van der Waals surface area (Å²) in [5.74, 6) is 0.108. The van der Waals surface area contributed by atoms with E-state index in [1.54, 1.807) is 12.3 Å². The van der Waals surface area contributed by atoms with Crippen molar-refractivity contribution in [1.29, 1.82) is 0 Å². The number of benzene rings is 3. The quantitative estimate of drug-likeness (QED) is 0.168. The Kier molecular flexibility index (Phi) is 9.33. The van der Waals surface area contributed by atoms with E-state index in [0.717, 1.165) is 27.6 Å². The van der Waals surface area contributed by atoms with Crippen molar-refractivity contribution in [3.05, 3.63) is 121 Å². The maximum atomic E-state index is 13.6. The molecule has 2 aromatic heterocycles. The van der Waals surface area contributed by atoms with Crippen molar-refractivity contribution >= 4 is 28.5 Å². The zero-order valence-electron chi connectivity index (χ0n) is 23.5. The third kappa shape index (κ3) is 7.45. The number of aromatic nitrogens is 2. The van der Waals surface area contributed by atoms with Crippen molar-refractivity contribution in [3.63, 3.8) is 0 Å². The predicted octanol–water partition coefficient (Wildman–Crippen LogP) is 6.46. The summed E-state index contributed by atoms with van der Waals surface area (Å²) in [5.41, 5.74) is 4.58. The zero-order valence-corrected chi connectivity index (χ0v) is 23.5. The Labute approximate surface area is 243 Å². The lowest BCUT2D eigenvalue weighted by Crippen LogP contribution is -2.18. The second kappa shape index (κ2) is 13.7. The lowest BCUT2D eigenvalue weighted by atomic mass is 10.0. The minimum Gasteiger partial charge on any atom is -0.445 e. The van der Waals surface area contributed by atoms with E-state index >= 15 is 0 Å². The van der Waals surface area contributed by atoms with Crippen molar-refractivity contribution in [3.8, 4) is 11.1 Å². The number of hydrogen-bond acceptors (Lipinski definition) is 7. The molecule has 0 radical (unpaired) electrons. The van der Waals surface area contributed by atoms with Crippen LogP contribution in [0.15, 0.2) is 108 Å². The molecule has 5 aromatic rings. The zero-order chi connectivity index (χ0) is 29.3. The number of halogens is 1. The van der Waals surface area contributed by atoms with Crippen molar-refractivity contribution in [2.75, 3.05) is 37.9 Å². The topological polar surface area (TPSA) is 92.5 Å². The number of rotatable bonds is 12. The maximum absolute atomic E-state index is 13.6. The number of anilines is 2. The first-order valence-electron chi connectivity index (χ1n) is 13.5. The standard InChI is InChI=1S/C33H32FN5O3/c1-39(2)17-7-12-30(40)37-27-15-13-24(14-16-27)28-20-42-33-31(28)32(35-22-36-33)38-29(25-9-4-3-5-10-25)21-41-19-23-8-6-11-26(34)18-23/h3-16,18,20,22,29H,17,19,21H2,1-2H3,(H,37,40)(H,35,36,38)/b12-7+/t29-/m1/s1. The number of nitrogens with one attached hydrogen (secondary N) is 2. The Morgan fingerprint density at radius 2 is 1.86 bits per heavy atom. The van der Waals surface area contributed by atoms with Gasteiger partial charge in [0.1, 0.15) is 24.2 Å². The Morgan fingerprint density at radius 3 is 2.62 bits per heavy atom. The number of likely N-dealkylation sites (N-methyl/N-ethyl adjacent to an activating group) is 1. The molecule has 8 nitrogen and oxygen atoms in total. The molecule has 42 heavy (non-hydrogen) atoms. The molecule has 0 aliphatic carbocycles. The summed E-state index contributed by atoms with van der Waals surface area (Å²) in [6.45, 7) is 1.27. The first-order valence-corrected chi connectivity index (χ1v) is 13.5. The highest BCUT2D eigenvalue weighted by atomic mass is 19.1. The van der Waals surface area contributed by atoms with Gasteiger partial charge < -0.3 is 24.7 Å². The van der Waals surface area contributed by atoms with E-state index in [4.69, 9.17) is 9.15 Å². The SMILES string of the molecule is CN(C)C/C=C/C(=O)Nc1ccc(-c2coc3ncnc(N[C@H](COCc4cccc(F)c4)c4ccccc4)c23)cc1. The fraction of sp³-hybridized carbons (Fsp3) is 0.182. The monoisotopic (exact) mass is 565 g/mol. The van der Waals surface area contributed by atoms with Crippen molar-refractivity contribution in [2.45, 2.75) is 12.6 Å². The second-order valence-corrected chi connectivity index (χ2v) is 10.0. The Hall–Kier alpha value is -4.86. The van der Waals surface area contributed by atoms with E-state index in [1.165, 1.54) is 24.5 Å². The van der Waals surface area contributed by atoms with Gasteiger partial charge in [-0.3, -0.25) is 4.79 Å². The molecule has 3 aromatic carbocycles. The lowest BCUT2D eigenvalue weighted by Gasteiger charge is -2.20. The molecule has 0 saturated heterocycles. The maximum Gasteiger partial charge on any atom is 0.248 e. The van der Waals surface area contributed by atoms with Crippen LogP contribution >= 0.6 is 0 Å².